The van der Waals surface area contributed by atoms with Crippen LogP contribution in [-0.4, -0.2) is 50.8 Å². The maximum atomic E-state index is 11.8. The topological polar surface area (TPSA) is 54.0 Å². The minimum atomic E-state index is -0.0959. The Morgan fingerprint density at radius 2 is 1.74 bits per heavy atom. The summed E-state index contributed by atoms with van der Waals surface area (Å²) in [6.07, 6.45) is 3.78. The first kappa shape index (κ1) is 21.3. The van der Waals surface area contributed by atoms with Crippen LogP contribution in [0.3, 0.4) is 0 Å². The van der Waals surface area contributed by atoms with Gasteiger partial charge < -0.3 is 24.6 Å². The predicted octanol–water partition coefficient (Wildman–Crippen LogP) is 4.47. The second-order valence-corrected chi connectivity index (χ2v) is 8.86. The average molecular weight is 424 g/mol. The molecule has 2 aromatic rings. The zero-order chi connectivity index (χ0) is 21.8. The molecule has 1 N–H and O–H groups in total. The highest BCUT2D eigenvalue weighted by molar-refractivity contribution is 5.74. The monoisotopic (exact) mass is 423 g/mol. The molecule has 31 heavy (non-hydrogen) atoms. The van der Waals surface area contributed by atoms with Gasteiger partial charge in [-0.3, -0.25) is 0 Å². The van der Waals surface area contributed by atoms with Crippen molar-refractivity contribution in [1.29, 1.82) is 0 Å². The lowest BCUT2D eigenvalue weighted by Crippen LogP contribution is -2.36. The Kier molecular flexibility index (Phi) is 6.54. The molecule has 6 nitrogen and oxygen atoms in total. The van der Waals surface area contributed by atoms with Crippen LogP contribution in [0.4, 0.5) is 10.5 Å². The summed E-state index contributed by atoms with van der Waals surface area (Å²) in [7, 11) is 3.47. The van der Waals surface area contributed by atoms with E-state index < -0.39 is 0 Å². The van der Waals surface area contributed by atoms with Gasteiger partial charge in [-0.2, -0.15) is 0 Å². The van der Waals surface area contributed by atoms with Crippen LogP contribution >= 0.6 is 0 Å². The summed E-state index contributed by atoms with van der Waals surface area (Å²) in [5, 5.41) is 2.96. The van der Waals surface area contributed by atoms with Gasteiger partial charge in [-0.1, -0.05) is 12.1 Å². The molecular formula is C25H33N3O3. The average Bonchev–Trinajstić information content (AvgIpc) is 3.49. The van der Waals surface area contributed by atoms with Crippen LogP contribution in [0.2, 0.25) is 0 Å². The number of anilines is 1. The van der Waals surface area contributed by atoms with E-state index in [1.807, 2.05) is 31.2 Å². The van der Waals surface area contributed by atoms with E-state index in [2.05, 4.69) is 34.5 Å². The van der Waals surface area contributed by atoms with Gasteiger partial charge in [-0.15, -0.1) is 0 Å². The van der Waals surface area contributed by atoms with Crippen molar-refractivity contribution in [1.82, 2.24) is 10.2 Å². The number of carbonyl (C=O) groups is 1. The highest BCUT2D eigenvalue weighted by atomic mass is 16.5. The van der Waals surface area contributed by atoms with E-state index in [0.717, 1.165) is 49.1 Å². The number of nitrogens with zero attached hydrogens (tertiary/aromatic N) is 2. The fraction of sp³-hybridized carbons (Fsp3) is 0.480. The molecule has 2 fully saturated rings. The molecule has 166 valence electrons. The molecule has 0 bridgehead atoms. The second kappa shape index (κ2) is 9.50. The number of hydrogen-bond acceptors (Lipinski definition) is 4. The molecule has 2 aromatic carbocycles. The maximum absolute atomic E-state index is 11.8. The molecule has 6 heteroatoms. The van der Waals surface area contributed by atoms with Crippen molar-refractivity contribution in [2.45, 2.75) is 38.3 Å². The Hall–Kier alpha value is -2.89. The number of rotatable bonds is 8. The van der Waals surface area contributed by atoms with Gasteiger partial charge in [0.2, 0.25) is 0 Å². The summed E-state index contributed by atoms with van der Waals surface area (Å²) in [6.45, 7) is 4.69. The van der Waals surface area contributed by atoms with Crippen LogP contribution in [0.5, 0.6) is 11.5 Å². The van der Waals surface area contributed by atoms with Crippen molar-refractivity contribution in [2.75, 3.05) is 38.7 Å². The van der Waals surface area contributed by atoms with Crippen LogP contribution in [-0.2, 0) is 0 Å². The van der Waals surface area contributed by atoms with Crippen LogP contribution in [0.15, 0.2) is 48.5 Å². The molecule has 2 unspecified atom stereocenters. The zero-order valence-corrected chi connectivity index (χ0v) is 18.7. The van der Waals surface area contributed by atoms with Crippen LogP contribution in [0.1, 0.15) is 37.8 Å². The fourth-order valence-corrected chi connectivity index (χ4v) is 3.74. The number of ether oxygens (including phenoxy) is 2. The highest BCUT2D eigenvalue weighted by Gasteiger charge is 2.25. The van der Waals surface area contributed by atoms with Crippen molar-refractivity contribution in [3.05, 3.63) is 54.1 Å². The molecule has 1 saturated heterocycles. The summed E-state index contributed by atoms with van der Waals surface area (Å²) in [5.74, 6) is 2.59. The van der Waals surface area contributed by atoms with Gasteiger partial charge in [-0.05, 0) is 67.6 Å². The third-order valence-electron chi connectivity index (χ3n) is 5.96. The summed E-state index contributed by atoms with van der Waals surface area (Å²) >= 11 is 0. The van der Waals surface area contributed by atoms with E-state index in [9.17, 15) is 4.79 Å². The minimum absolute atomic E-state index is 0.0536. The van der Waals surface area contributed by atoms with Crippen LogP contribution < -0.4 is 19.7 Å². The summed E-state index contributed by atoms with van der Waals surface area (Å²) in [4.78, 5) is 15.7. The van der Waals surface area contributed by atoms with Crippen molar-refractivity contribution >= 4 is 11.7 Å². The van der Waals surface area contributed by atoms with E-state index in [1.54, 1.807) is 14.1 Å². The molecule has 1 aliphatic heterocycles. The Morgan fingerprint density at radius 3 is 2.39 bits per heavy atom. The second-order valence-electron chi connectivity index (χ2n) is 8.86. The van der Waals surface area contributed by atoms with Crippen molar-refractivity contribution in [2.24, 2.45) is 5.92 Å². The zero-order valence-electron chi connectivity index (χ0n) is 18.7. The van der Waals surface area contributed by atoms with Crippen molar-refractivity contribution in [3.63, 3.8) is 0 Å². The SMILES string of the molecule is CC(NC(=O)N(C)C)c1ccc(OC2CCN(c3ccc(OCC4CC4)cc3)C2)cc1. The van der Waals surface area contributed by atoms with E-state index in [-0.39, 0.29) is 18.2 Å². The molecule has 0 radical (unpaired) electrons. The Labute approximate surface area is 185 Å². The minimum Gasteiger partial charge on any atom is -0.493 e. The molecule has 2 aliphatic rings. The van der Waals surface area contributed by atoms with Gasteiger partial charge in [0.1, 0.15) is 17.6 Å². The molecule has 2 atom stereocenters. The summed E-state index contributed by atoms with van der Waals surface area (Å²) in [6, 6.07) is 16.3. The van der Waals surface area contributed by atoms with E-state index in [4.69, 9.17) is 9.47 Å². The summed E-state index contributed by atoms with van der Waals surface area (Å²) < 4.78 is 12.1. The Bertz CT molecular complexity index is 863. The van der Waals surface area contributed by atoms with Gasteiger partial charge in [0.25, 0.3) is 0 Å². The fourth-order valence-electron chi connectivity index (χ4n) is 3.74. The standard InChI is InChI=1S/C25H33N3O3/c1-18(26-25(29)27(2)3)20-6-10-23(11-7-20)31-24-14-15-28(16-24)21-8-12-22(13-9-21)30-17-19-4-5-19/h6-13,18-19,24H,4-5,14-17H2,1-3H3,(H,26,29). The van der Waals surface area contributed by atoms with Gasteiger partial charge in [0, 0.05) is 32.7 Å². The predicted molar refractivity (Wildman–Crippen MR) is 123 cm³/mol. The molecular weight excluding hydrogens is 390 g/mol. The van der Waals surface area contributed by atoms with Crippen molar-refractivity contribution < 1.29 is 14.3 Å². The number of nitrogens with one attached hydrogen (secondary N) is 1. The van der Waals surface area contributed by atoms with Crippen LogP contribution in [0, 0.1) is 5.92 Å². The van der Waals surface area contributed by atoms with Gasteiger partial charge in [-0.25, -0.2) is 4.79 Å². The molecule has 2 amide bonds. The Morgan fingerprint density at radius 1 is 1.06 bits per heavy atom. The van der Waals surface area contributed by atoms with E-state index >= 15 is 0 Å². The molecule has 1 saturated carbocycles. The third kappa shape index (κ3) is 5.84. The first-order valence-corrected chi connectivity index (χ1v) is 11.2. The number of amides is 2. The van der Waals surface area contributed by atoms with Crippen molar-refractivity contribution in [3.8, 4) is 11.5 Å². The van der Waals surface area contributed by atoms with Crippen LogP contribution in [0.25, 0.3) is 0 Å². The molecule has 0 spiro atoms. The molecule has 1 aliphatic carbocycles. The largest absolute Gasteiger partial charge is 0.493 e. The normalized spacial score (nSPS) is 19.1. The van der Waals surface area contributed by atoms with Gasteiger partial charge >= 0.3 is 6.03 Å². The number of urea groups is 1. The number of hydrogen-bond donors (Lipinski definition) is 1. The maximum Gasteiger partial charge on any atom is 0.317 e. The third-order valence-corrected chi connectivity index (χ3v) is 5.96. The van der Waals surface area contributed by atoms with Gasteiger partial charge in [0.15, 0.2) is 0 Å². The lowest BCUT2D eigenvalue weighted by molar-refractivity contribution is 0.214. The number of carbonyl (C=O) groups excluding carboxylic acids is 1. The highest BCUT2D eigenvalue weighted by Crippen LogP contribution is 2.30. The molecule has 1 heterocycles. The smallest absolute Gasteiger partial charge is 0.317 e. The van der Waals surface area contributed by atoms with Gasteiger partial charge in [0.05, 0.1) is 19.2 Å². The van der Waals surface area contributed by atoms with E-state index in [0.29, 0.717) is 0 Å². The first-order valence-electron chi connectivity index (χ1n) is 11.2. The lowest BCUT2D eigenvalue weighted by Gasteiger charge is -2.20. The molecule has 4 rings (SSSR count). The first-order chi connectivity index (χ1) is 15.0. The quantitative estimate of drug-likeness (QED) is 0.681. The lowest BCUT2D eigenvalue weighted by atomic mass is 10.1. The number of benzene rings is 2. The van der Waals surface area contributed by atoms with E-state index in [1.165, 1.54) is 23.4 Å². The Balaban J connectivity index is 1.26. The molecule has 0 aromatic heterocycles. The summed E-state index contributed by atoms with van der Waals surface area (Å²) in [5.41, 5.74) is 2.27.